The number of hydrogen-bond acceptors (Lipinski definition) is 5. The van der Waals surface area contributed by atoms with E-state index in [0.717, 1.165) is 10.1 Å². The fourth-order valence-electron chi connectivity index (χ4n) is 2.38. The number of amides is 1. The fourth-order valence-corrected chi connectivity index (χ4v) is 2.38. The second kappa shape index (κ2) is 8.48. The van der Waals surface area contributed by atoms with Crippen LogP contribution in [0.3, 0.4) is 0 Å². The van der Waals surface area contributed by atoms with Gasteiger partial charge in [0.25, 0.3) is 11.5 Å². The van der Waals surface area contributed by atoms with Crippen molar-refractivity contribution in [3.63, 3.8) is 0 Å². The van der Waals surface area contributed by atoms with Gasteiger partial charge in [0.2, 0.25) is 0 Å². The highest BCUT2D eigenvalue weighted by Crippen LogP contribution is 2.00. The van der Waals surface area contributed by atoms with E-state index in [9.17, 15) is 19.2 Å². The summed E-state index contributed by atoms with van der Waals surface area (Å²) in [5.41, 5.74) is -0.806. The molecule has 1 heterocycles. The fraction of sp³-hybridized carbons (Fsp3) is 0.368. The van der Waals surface area contributed by atoms with Crippen molar-refractivity contribution in [1.29, 1.82) is 0 Å². The van der Waals surface area contributed by atoms with Gasteiger partial charge in [-0.05, 0) is 26.3 Å². The first-order valence-electron chi connectivity index (χ1n) is 8.46. The molecule has 1 amide bonds. The minimum Gasteiger partial charge on any atom is -0.454 e. The van der Waals surface area contributed by atoms with E-state index in [1.54, 1.807) is 20.8 Å². The van der Waals surface area contributed by atoms with Gasteiger partial charge in [0.1, 0.15) is 6.54 Å². The summed E-state index contributed by atoms with van der Waals surface area (Å²) in [5, 5.41) is 2.65. The van der Waals surface area contributed by atoms with Crippen LogP contribution in [0.25, 0.3) is 0 Å². The van der Waals surface area contributed by atoms with Gasteiger partial charge in [-0.1, -0.05) is 30.3 Å². The summed E-state index contributed by atoms with van der Waals surface area (Å²) >= 11 is 0. The van der Waals surface area contributed by atoms with Crippen LogP contribution in [0.1, 0.15) is 26.3 Å². The zero-order valence-corrected chi connectivity index (χ0v) is 15.6. The van der Waals surface area contributed by atoms with Crippen molar-refractivity contribution in [2.24, 2.45) is 0 Å². The first kappa shape index (κ1) is 20.2. The lowest BCUT2D eigenvalue weighted by atomic mass is 10.1. The van der Waals surface area contributed by atoms with E-state index >= 15 is 0 Å². The Morgan fingerprint density at radius 3 is 2.37 bits per heavy atom. The number of ether oxygens (including phenoxy) is 1. The molecule has 27 heavy (non-hydrogen) atoms. The first-order valence-corrected chi connectivity index (χ1v) is 8.46. The molecule has 1 aromatic carbocycles. The van der Waals surface area contributed by atoms with Gasteiger partial charge in [0.05, 0.1) is 6.54 Å². The highest BCUT2D eigenvalue weighted by atomic mass is 16.5. The van der Waals surface area contributed by atoms with Crippen molar-refractivity contribution in [2.75, 3.05) is 6.61 Å². The topological polar surface area (TPSA) is 99.4 Å². The number of carbonyl (C=O) groups is 2. The van der Waals surface area contributed by atoms with E-state index in [1.165, 1.54) is 16.8 Å². The smallest absolute Gasteiger partial charge is 0.331 e. The summed E-state index contributed by atoms with van der Waals surface area (Å²) in [6.45, 7) is 4.62. The summed E-state index contributed by atoms with van der Waals surface area (Å²) in [5.74, 6) is -1.30. The number of rotatable bonds is 6. The van der Waals surface area contributed by atoms with Crippen molar-refractivity contribution in [1.82, 2.24) is 14.5 Å². The standard InChI is InChI=1S/C19H23N3O5/c1-19(2,3)20-15(23)13-27-17(25)12-22-16(24)9-10-21(18(22)26)11-14-7-5-4-6-8-14/h4-10H,11-13H2,1-3H3,(H,20,23). The molecule has 0 saturated carbocycles. The largest absolute Gasteiger partial charge is 0.454 e. The number of nitrogens with zero attached hydrogens (tertiary/aromatic N) is 2. The Hall–Kier alpha value is -3.16. The Balaban J connectivity index is 2.06. The van der Waals surface area contributed by atoms with Crippen molar-refractivity contribution < 1.29 is 14.3 Å². The van der Waals surface area contributed by atoms with Crippen molar-refractivity contribution in [2.45, 2.75) is 39.4 Å². The average Bonchev–Trinajstić information content (AvgIpc) is 2.59. The average molecular weight is 373 g/mol. The quantitative estimate of drug-likeness (QED) is 0.744. The minimum absolute atomic E-state index is 0.267. The van der Waals surface area contributed by atoms with Gasteiger partial charge in [-0.15, -0.1) is 0 Å². The molecule has 0 unspecified atom stereocenters. The molecule has 0 aliphatic heterocycles. The molecule has 0 aliphatic rings. The van der Waals surface area contributed by atoms with Crippen LogP contribution in [0, 0.1) is 0 Å². The van der Waals surface area contributed by atoms with E-state index in [-0.39, 0.29) is 6.54 Å². The van der Waals surface area contributed by atoms with Gasteiger partial charge >= 0.3 is 11.7 Å². The third kappa shape index (κ3) is 6.25. The predicted octanol–water partition coefficient (Wildman–Crippen LogP) is 0.516. The van der Waals surface area contributed by atoms with Crippen LogP contribution in [0.5, 0.6) is 0 Å². The van der Waals surface area contributed by atoms with Crippen LogP contribution in [0.2, 0.25) is 0 Å². The third-order valence-corrected chi connectivity index (χ3v) is 3.50. The van der Waals surface area contributed by atoms with E-state index in [4.69, 9.17) is 4.74 Å². The maximum absolute atomic E-state index is 12.5. The van der Waals surface area contributed by atoms with Crippen LogP contribution < -0.4 is 16.6 Å². The molecule has 2 aromatic rings. The summed E-state index contributed by atoms with van der Waals surface area (Å²) < 4.78 is 6.98. The molecule has 0 fully saturated rings. The number of esters is 1. The molecule has 0 atom stereocenters. The maximum atomic E-state index is 12.5. The lowest BCUT2D eigenvalue weighted by Crippen LogP contribution is -2.44. The molecule has 1 N–H and O–H groups in total. The van der Waals surface area contributed by atoms with Gasteiger partial charge in [0, 0.05) is 17.8 Å². The number of aromatic nitrogens is 2. The predicted molar refractivity (Wildman–Crippen MR) is 99.4 cm³/mol. The summed E-state index contributed by atoms with van der Waals surface area (Å²) in [6, 6.07) is 10.5. The van der Waals surface area contributed by atoms with Crippen LogP contribution in [-0.4, -0.2) is 33.2 Å². The van der Waals surface area contributed by atoms with Crippen molar-refractivity contribution >= 4 is 11.9 Å². The van der Waals surface area contributed by atoms with E-state index < -0.39 is 41.8 Å². The molecule has 1 aromatic heterocycles. The summed E-state index contributed by atoms with van der Waals surface area (Å²) in [4.78, 5) is 48.1. The molecule has 0 aliphatic carbocycles. The van der Waals surface area contributed by atoms with Gasteiger partial charge < -0.3 is 10.1 Å². The number of hydrogen-bond donors (Lipinski definition) is 1. The van der Waals surface area contributed by atoms with Gasteiger partial charge in [-0.25, -0.2) is 9.36 Å². The third-order valence-electron chi connectivity index (χ3n) is 3.50. The number of nitrogens with one attached hydrogen (secondary N) is 1. The first-order chi connectivity index (χ1) is 12.7. The molecule has 8 heteroatoms. The summed E-state index contributed by atoms with van der Waals surface area (Å²) in [7, 11) is 0. The molecule has 0 bridgehead atoms. The second-order valence-corrected chi connectivity index (χ2v) is 7.10. The van der Waals surface area contributed by atoms with Crippen molar-refractivity contribution in [3.8, 4) is 0 Å². The monoisotopic (exact) mass is 373 g/mol. The SMILES string of the molecule is CC(C)(C)NC(=O)COC(=O)Cn1c(=O)ccn(Cc2ccccc2)c1=O. The lowest BCUT2D eigenvalue weighted by molar-refractivity contribution is -0.149. The van der Waals surface area contributed by atoms with E-state index in [1.807, 2.05) is 30.3 Å². The Morgan fingerprint density at radius 1 is 1.07 bits per heavy atom. The molecule has 0 radical (unpaired) electrons. The molecule has 0 saturated heterocycles. The maximum Gasteiger partial charge on any atom is 0.331 e. The Kier molecular flexibility index (Phi) is 6.33. The second-order valence-electron chi connectivity index (χ2n) is 7.10. The van der Waals surface area contributed by atoms with Crippen LogP contribution >= 0.6 is 0 Å². The summed E-state index contributed by atoms with van der Waals surface area (Å²) in [6.07, 6.45) is 1.39. The molecular formula is C19H23N3O5. The van der Waals surface area contributed by atoms with Crippen molar-refractivity contribution in [3.05, 3.63) is 69.0 Å². The minimum atomic E-state index is -0.837. The van der Waals surface area contributed by atoms with Gasteiger partial charge in [-0.2, -0.15) is 0 Å². The molecule has 8 nitrogen and oxygen atoms in total. The van der Waals surface area contributed by atoms with Crippen LogP contribution in [0.4, 0.5) is 0 Å². The molecular weight excluding hydrogens is 350 g/mol. The number of carbonyl (C=O) groups excluding carboxylic acids is 2. The lowest BCUT2D eigenvalue weighted by Gasteiger charge is -2.20. The zero-order chi connectivity index (χ0) is 20.0. The molecule has 144 valence electrons. The highest BCUT2D eigenvalue weighted by molar-refractivity contribution is 5.80. The normalized spacial score (nSPS) is 11.1. The van der Waals surface area contributed by atoms with Gasteiger partial charge in [0.15, 0.2) is 6.61 Å². The Bertz CT molecular complexity index is 923. The van der Waals surface area contributed by atoms with E-state index in [2.05, 4.69) is 5.32 Å². The van der Waals surface area contributed by atoms with Gasteiger partial charge in [-0.3, -0.25) is 19.0 Å². The Morgan fingerprint density at radius 2 is 1.74 bits per heavy atom. The van der Waals surface area contributed by atoms with Crippen LogP contribution in [0.15, 0.2) is 52.2 Å². The zero-order valence-electron chi connectivity index (χ0n) is 15.6. The molecule has 0 spiro atoms. The molecule has 2 rings (SSSR count). The number of benzene rings is 1. The van der Waals surface area contributed by atoms with Crippen LogP contribution in [-0.2, 0) is 27.4 Å². The van der Waals surface area contributed by atoms with E-state index in [0.29, 0.717) is 0 Å². The highest BCUT2D eigenvalue weighted by Gasteiger charge is 2.16. The Labute approximate surface area is 156 Å².